The van der Waals surface area contributed by atoms with Crippen LogP contribution in [0.3, 0.4) is 0 Å². The SMILES string of the molecule is O=C(c1ccccc1F)N1CCN=C1SCc1ccccc1Cl. The van der Waals surface area contributed by atoms with Crippen LogP contribution in [-0.2, 0) is 5.75 Å². The lowest BCUT2D eigenvalue weighted by atomic mass is 10.2. The summed E-state index contributed by atoms with van der Waals surface area (Å²) in [5.74, 6) is -0.259. The Bertz CT molecular complexity index is 766. The molecule has 1 aliphatic rings. The summed E-state index contributed by atoms with van der Waals surface area (Å²) < 4.78 is 13.8. The summed E-state index contributed by atoms with van der Waals surface area (Å²) in [6.45, 7) is 1.00. The highest BCUT2D eigenvalue weighted by Crippen LogP contribution is 2.25. The smallest absolute Gasteiger partial charge is 0.262 e. The van der Waals surface area contributed by atoms with Gasteiger partial charge in [0.15, 0.2) is 5.17 Å². The molecule has 0 saturated carbocycles. The molecule has 2 aromatic carbocycles. The van der Waals surface area contributed by atoms with E-state index in [1.54, 1.807) is 12.1 Å². The minimum Gasteiger partial charge on any atom is -0.285 e. The Morgan fingerprint density at radius 1 is 1.22 bits per heavy atom. The summed E-state index contributed by atoms with van der Waals surface area (Å²) in [6, 6.07) is 13.6. The average molecular weight is 349 g/mol. The van der Waals surface area contributed by atoms with E-state index >= 15 is 0 Å². The van der Waals surface area contributed by atoms with Crippen molar-refractivity contribution in [1.82, 2.24) is 4.90 Å². The Labute approximate surface area is 143 Å². The molecule has 6 heteroatoms. The van der Waals surface area contributed by atoms with Crippen molar-refractivity contribution in [3.63, 3.8) is 0 Å². The number of halogens is 2. The number of benzene rings is 2. The number of amidine groups is 1. The predicted molar refractivity (Wildman–Crippen MR) is 92.5 cm³/mol. The van der Waals surface area contributed by atoms with Crippen molar-refractivity contribution in [2.75, 3.05) is 13.1 Å². The first-order valence-electron chi connectivity index (χ1n) is 7.14. The van der Waals surface area contributed by atoms with Crippen LogP contribution in [0.5, 0.6) is 0 Å². The van der Waals surface area contributed by atoms with Crippen molar-refractivity contribution >= 4 is 34.4 Å². The molecule has 0 radical (unpaired) electrons. The number of aliphatic imine (C=N–C) groups is 1. The lowest BCUT2D eigenvalue weighted by Gasteiger charge is -2.18. The van der Waals surface area contributed by atoms with Crippen LogP contribution in [0.4, 0.5) is 4.39 Å². The maximum absolute atomic E-state index is 13.8. The zero-order valence-corrected chi connectivity index (χ0v) is 13.8. The van der Waals surface area contributed by atoms with E-state index in [1.165, 1.54) is 28.8 Å². The third-order valence-electron chi connectivity index (χ3n) is 3.47. The second-order valence-electron chi connectivity index (χ2n) is 4.98. The molecular weight excluding hydrogens is 335 g/mol. The van der Waals surface area contributed by atoms with Crippen molar-refractivity contribution in [2.24, 2.45) is 4.99 Å². The zero-order chi connectivity index (χ0) is 16.2. The van der Waals surface area contributed by atoms with Crippen LogP contribution < -0.4 is 0 Å². The van der Waals surface area contributed by atoms with Gasteiger partial charge < -0.3 is 0 Å². The van der Waals surface area contributed by atoms with E-state index in [9.17, 15) is 9.18 Å². The average Bonchev–Trinajstić information content (AvgIpc) is 3.02. The Kier molecular flexibility index (Phi) is 4.98. The van der Waals surface area contributed by atoms with E-state index in [4.69, 9.17) is 11.6 Å². The molecule has 0 atom stereocenters. The number of carbonyl (C=O) groups is 1. The van der Waals surface area contributed by atoms with Gasteiger partial charge in [-0.1, -0.05) is 53.7 Å². The van der Waals surface area contributed by atoms with Crippen molar-refractivity contribution in [1.29, 1.82) is 0 Å². The molecule has 0 aromatic heterocycles. The molecule has 0 bridgehead atoms. The Balaban J connectivity index is 1.72. The third-order valence-corrected chi connectivity index (χ3v) is 4.90. The number of nitrogens with zero attached hydrogens (tertiary/aromatic N) is 2. The third kappa shape index (κ3) is 3.57. The highest BCUT2D eigenvalue weighted by atomic mass is 35.5. The van der Waals surface area contributed by atoms with E-state index in [0.29, 0.717) is 29.0 Å². The lowest BCUT2D eigenvalue weighted by Crippen LogP contribution is -2.33. The van der Waals surface area contributed by atoms with Gasteiger partial charge in [-0.15, -0.1) is 0 Å². The highest BCUT2D eigenvalue weighted by Gasteiger charge is 2.26. The standard InChI is InChI=1S/C17H14ClFN2OS/c18-14-7-3-1-5-12(14)11-23-17-20-9-10-21(17)16(22)13-6-2-4-8-15(13)19/h1-8H,9-11H2. The molecule has 3 nitrogen and oxygen atoms in total. The molecule has 1 heterocycles. The second-order valence-corrected chi connectivity index (χ2v) is 6.33. The molecule has 2 aromatic rings. The topological polar surface area (TPSA) is 32.7 Å². The van der Waals surface area contributed by atoms with E-state index in [0.717, 1.165) is 5.56 Å². The number of hydrogen-bond donors (Lipinski definition) is 0. The number of rotatable bonds is 3. The summed E-state index contributed by atoms with van der Waals surface area (Å²) in [6.07, 6.45) is 0. The van der Waals surface area contributed by atoms with Gasteiger partial charge in [0.2, 0.25) is 0 Å². The van der Waals surface area contributed by atoms with E-state index in [1.807, 2.05) is 24.3 Å². The summed E-state index contributed by atoms with van der Waals surface area (Å²) in [7, 11) is 0. The van der Waals surface area contributed by atoms with Gasteiger partial charge in [-0.2, -0.15) is 0 Å². The minimum absolute atomic E-state index is 0.0699. The van der Waals surface area contributed by atoms with Crippen molar-refractivity contribution in [3.8, 4) is 0 Å². The predicted octanol–water partition coefficient (Wildman–Crippen LogP) is 4.22. The molecule has 0 spiro atoms. The van der Waals surface area contributed by atoms with E-state index in [2.05, 4.69) is 4.99 Å². The van der Waals surface area contributed by atoms with Gasteiger partial charge in [-0.3, -0.25) is 14.7 Å². The van der Waals surface area contributed by atoms with E-state index in [-0.39, 0.29) is 11.5 Å². The Hall–Kier alpha value is -1.85. The van der Waals surface area contributed by atoms with Crippen LogP contribution in [0.25, 0.3) is 0 Å². The van der Waals surface area contributed by atoms with Gasteiger partial charge in [0, 0.05) is 17.3 Å². The summed E-state index contributed by atoms with van der Waals surface area (Å²) in [4.78, 5) is 18.4. The van der Waals surface area contributed by atoms with Gasteiger partial charge in [0.1, 0.15) is 5.82 Å². The van der Waals surface area contributed by atoms with Gasteiger partial charge in [0.25, 0.3) is 5.91 Å². The summed E-state index contributed by atoms with van der Waals surface area (Å²) in [5.41, 5.74) is 1.05. The van der Waals surface area contributed by atoms with Crippen molar-refractivity contribution in [3.05, 3.63) is 70.5 Å². The molecule has 1 aliphatic heterocycles. The Morgan fingerprint density at radius 3 is 2.74 bits per heavy atom. The first kappa shape index (κ1) is 16.0. The van der Waals surface area contributed by atoms with Crippen molar-refractivity contribution < 1.29 is 9.18 Å². The molecule has 23 heavy (non-hydrogen) atoms. The monoisotopic (exact) mass is 348 g/mol. The highest BCUT2D eigenvalue weighted by molar-refractivity contribution is 8.13. The largest absolute Gasteiger partial charge is 0.285 e. The first-order valence-corrected chi connectivity index (χ1v) is 8.50. The van der Waals surface area contributed by atoms with Crippen LogP contribution in [0.2, 0.25) is 5.02 Å². The molecule has 0 fully saturated rings. The lowest BCUT2D eigenvalue weighted by molar-refractivity contribution is 0.0856. The summed E-state index contributed by atoms with van der Waals surface area (Å²) in [5, 5.41) is 1.30. The fraction of sp³-hybridized carbons (Fsp3) is 0.176. The van der Waals surface area contributed by atoms with Crippen LogP contribution >= 0.6 is 23.4 Å². The molecule has 1 amide bonds. The summed E-state index contributed by atoms with van der Waals surface area (Å²) >= 11 is 7.58. The van der Waals surface area contributed by atoms with Crippen LogP contribution in [-0.4, -0.2) is 29.1 Å². The molecule has 0 saturated heterocycles. The first-order chi connectivity index (χ1) is 11.2. The maximum atomic E-state index is 13.8. The second kappa shape index (κ2) is 7.15. The molecule has 0 unspecified atom stereocenters. The van der Waals surface area contributed by atoms with Gasteiger partial charge in [-0.25, -0.2) is 4.39 Å². The van der Waals surface area contributed by atoms with Gasteiger partial charge in [-0.05, 0) is 23.8 Å². The molecule has 118 valence electrons. The maximum Gasteiger partial charge on any atom is 0.262 e. The van der Waals surface area contributed by atoms with Gasteiger partial charge in [0.05, 0.1) is 12.1 Å². The fourth-order valence-electron chi connectivity index (χ4n) is 2.28. The number of amides is 1. The van der Waals surface area contributed by atoms with Crippen LogP contribution in [0.15, 0.2) is 53.5 Å². The van der Waals surface area contributed by atoms with Crippen LogP contribution in [0, 0.1) is 5.82 Å². The molecule has 0 aliphatic carbocycles. The molecular formula is C17H14ClFN2OS. The van der Waals surface area contributed by atoms with Crippen molar-refractivity contribution in [2.45, 2.75) is 5.75 Å². The Morgan fingerprint density at radius 2 is 1.96 bits per heavy atom. The fourth-order valence-corrected chi connectivity index (χ4v) is 3.61. The zero-order valence-electron chi connectivity index (χ0n) is 12.2. The van der Waals surface area contributed by atoms with E-state index < -0.39 is 5.82 Å². The molecule has 0 N–H and O–H groups in total. The quantitative estimate of drug-likeness (QED) is 0.831. The normalized spacial score (nSPS) is 14.0. The van der Waals surface area contributed by atoms with Gasteiger partial charge >= 0.3 is 0 Å². The minimum atomic E-state index is -0.514. The molecule has 3 rings (SSSR count). The number of hydrogen-bond acceptors (Lipinski definition) is 3. The van der Waals surface area contributed by atoms with Crippen LogP contribution in [0.1, 0.15) is 15.9 Å². The number of carbonyl (C=O) groups excluding carboxylic acids is 1. The number of thioether (sulfide) groups is 1.